The normalized spacial score (nSPS) is 11.8. The Kier molecular flexibility index (Phi) is 11.0. The van der Waals surface area contributed by atoms with E-state index in [2.05, 4.69) is 67.6 Å². The molecule has 4 aromatic heterocycles. The van der Waals surface area contributed by atoms with Crippen LogP contribution in [0.25, 0.3) is 83.9 Å². The van der Waals surface area contributed by atoms with Crippen LogP contribution in [0, 0.1) is 12.1 Å². The van der Waals surface area contributed by atoms with E-state index in [0.29, 0.717) is 44.7 Å². The number of hydrogen-bond donors (Lipinski definition) is 0. The molecule has 0 aliphatic carbocycles. The molecule has 0 bridgehead atoms. The van der Waals surface area contributed by atoms with Gasteiger partial charge in [-0.05, 0) is 76.5 Å². The molecule has 0 aliphatic rings. The van der Waals surface area contributed by atoms with Crippen LogP contribution >= 0.6 is 0 Å². The molecule has 301 valence electrons. The molecule has 0 spiro atoms. The summed E-state index contributed by atoms with van der Waals surface area (Å²) < 4.78 is 56.4. The van der Waals surface area contributed by atoms with Crippen molar-refractivity contribution >= 4 is 44.1 Å². The fraction of sp³-hybridized carbons (Fsp3) is 0.140. The Morgan fingerprint density at radius 1 is 0.700 bits per heavy atom. The molecule has 0 N–H and O–H groups in total. The number of pyridine rings is 1. The second-order valence-corrected chi connectivity index (χ2v) is 14.9. The van der Waals surface area contributed by atoms with Gasteiger partial charge >= 0.3 is 6.18 Å². The van der Waals surface area contributed by atoms with Gasteiger partial charge in [-0.2, -0.15) is 13.2 Å². The van der Waals surface area contributed by atoms with Crippen LogP contribution < -0.4 is 0 Å². The molecule has 0 atom stereocenters. The summed E-state index contributed by atoms with van der Waals surface area (Å²) in [6.45, 7) is 8.65. The van der Waals surface area contributed by atoms with Gasteiger partial charge in [-0.3, -0.25) is 4.98 Å². The van der Waals surface area contributed by atoms with Crippen molar-refractivity contribution in [2.24, 2.45) is 0 Å². The number of furan rings is 1. The Bertz CT molecular complexity index is 3040. The average molecular weight is 975 g/mol. The molecule has 6 aromatic carbocycles. The number of alkyl halides is 3. The largest absolute Gasteiger partial charge is 0.500 e. The molecule has 0 amide bonds. The summed E-state index contributed by atoms with van der Waals surface area (Å²) in [7, 11) is 0. The van der Waals surface area contributed by atoms with Crippen molar-refractivity contribution in [3.63, 3.8) is 0 Å². The molecule has 0 unspecified atom stereocenters. The third-order valence-electron chi connectivity index (χ3n) is 10.4. The smallest absolute Gasteiger partial charge is 0.416 e. The van der Waals surface area contributed by atoms with Gasteiger partial charge in [0.1, 0.15) is 5.58 Å². The van der Waals surface area contributed by atoms with Crippen LogP contribution in [0.3, 0.4) is 0 Å². The third kappa shape index (κ3) is 7.42. The Balaban J connectivity index is 0.000000329. The zero-order chi connectivity index (χ0) is 40.8. The molecule has 1 radical (unpaired) electrons. The van der Waals surface area contributed by atoms with Crippen molar-refractivity contribution in [3.05, 3.63) is 168 Å². The van der Waals surface area contributed by atoms with Gasteiger partial charge in [0.05, 0.1) is 33.6 Å². The van der Waals surface area contributed by atoms with Crippen LogP contribution in [0.1, 0.15) is 56.2 Å². The van der Waals surface area contributed by atoms with Crippen LogP contribution in [-0.2, 0) is 26.3 Å². The minimum atomic E-state index is -4.54. The molecule has 0 saturated heterocycles. The molecule has 0 fully saturated rings. The third-order valence-corrected chi connectivity index (χ3v) is 10.4. The number of benzene rings is 6. The minimum Gasteiger partial charge on any atom is -0.500 e. The van der Waals surface area contributed by atoms with Gasteiger partial charge in [-0.15, -0.1) is 42.0 Å². The zero-order valence-electron chi connectivity index (χ0n) is 33.0. The standard InChI is InChI=1S/C39H29F3N3O2.C11H8N.Ir/c1-21(2)25-13-10-14-26(22(3)4)34(25)45-31-16-9-8-15-29(31)43-37(45)28-20-30-36(47-38(44-30)23-11-6-5-7-12-23)33-27-18-17-24(39(40,41)42)19-32(27)46-35(28)33;1-2-6-10(7-3-1)11-8-4-5-9-12-11;/h5-19,21-22H,1-4H3;1-6,8-9H;/q2*-1;. The van der Waals surface area contributed by atoms with E-state index in [0.717, 1.165) is 56.8 Å². The quantitative estimate of drug-likeness (QED) is 0.155. The summed E-state index contributed by atoms with van der Waals surface area (Å²) in [5.41, 5.74) is 8.63. The van der Waals surface area contributed by atoms with E-state index in [9.17, 15) is 13.2 Å². The molecule has 6 nitrogen and oxygen atoms in total. The van der Waals surface area contributed by atoms with E-state index in [1.54, 1.807) is 6.20 Å². The molecule has 10 heteroatoms. The van der Waals surface area contributed by atoms with Gasteiger partial charge in [0.15, 0.2) is 0 Å². The summed E-state index contributed by atoms with van der Waals surface area (Å²) in [5.74, 6) is 1.31. The molecule has 10 rings (SSSR count). The SMILES string of the molecule is CC(C)c1cccc(C(C)C)c1-n1c(-c2[c-]c3nc(-c4ccccc4)oc3c3c2oc2cc(C(F)(F)F)ccc23)nc2ccccc21.[Ir].[c-]1ccccc1-c1ccccn1. The number of rotatable bonds is 6. The molecule has 10 aromatic rings. The van der Waals surface area contributed by atoms with Crippen LogP contribution in [0.4, 0.5) is 13.2 Å². The van der Waals surface area contributed by atoms with E-state index in [4.69, 9.17) is 18.8 Å². The second kappa shape index (κ2) is 16.4. The average Bonchev–Trinajstić information content (AvgIpc) is 3.97. The predicted octanol–water partition coefficient (Wildman–Crippen LogP) is 14.0. The Morgan fingerprint density at radius 2 is 1.42 bits per heavy atom. The molecular weight excluding hydrogens is 938 g/mol. The Labute approximate surface area is 358 Å². The predicted molar refractivity (Wildman–Crippen MR) is 227 cm³/mol. The molecular formula is C50H37F3IrN4O2-2. The van der Waals surface area contributed by atoms with E-state index in [-0.39, 0.29) is 37.5 Å². The first-order valence-corrected chi connectivity index (χ1v) is 19.4. The number of fused-ring (bicyclic) bond motifs is 6. The summed E-state index contributed by atoms with van der Waals surface area (Å²) >= 11 is 0. The summed E-state index contributed by atoms with van der Waals surface area (Å²) in [4.78, 5) is 14.2. The van der Waals surface area contributed by atoms with E-state index in [1.165, 1.54) is 6.07 Å². The first kappa shape index (κ1) is 40.4. The zero-order valence-corrected chi connectivity index (χ0v) is 35.4. The number of halogens is 3. The Hall–Kier alpha value is -6.35. The minimum absolute atomic E-state index is 0. The monoisotopic (exact) mass is 975 g/mol. The van der Waals surface area contributed by atoms with Gasteiger partial charge in [0.25, 0.3) is 0 Å². The van der Waals surface area contributed by atoms with Crippen molar-refractivity contribution in [3.8, 4) is 39.8 Å². The number of nitrogens with zero attached hydrogens (tertiary/aromatic N) is 4. The number of hydrogen-bond acceptors (Lipinski definition) is 5. The van der Waals surface area contributed by atoms with Crippen LogP contribution in [0.2, 0.25) is 0 Å². The van der Waals surface area contributed by atoms with Gasteiger partial charge < -0.3 is 18.4 Å². The van der Waals surface area contributed by atoms with Crippen LogP contribution in [0.5, 0.6) is 0 Å². The first-order chi connectivity index (χ1) is 28.6. The number of aromatic nitrogens is 4. The summed E-state index contributed by atoms with van der Waals surface area (Å²) in [6.07, 6.45) is -2.75. The molecule has 4 heterocycles. The fourth-order valence-electron chi connectivity index (χ4n) is 7.55. The van der Waals surface area contributed by atoms with Gasteiger partial charge in [-0.1, -0.05) is 100.0 Å². The summed E-state index contributed by atoms with van der Waals surface area (Å²) in [5, 5.41) is 1.00. The number of oxazole rings is 1. The van der Waals surface area contributed by atoms with Crippen molar-refractivity contribution in [1.29, 1.82) is 0 Å². The van der Waals surface area contributed by atoms with Crippen LogP contribution in [0.15, 0.2) is 148 Å². The maximum atomic E-state index is 13.8. The first-order valence-electron chi connectivity index (χ1n) is 19.4. The maximum Gasteiger partial charge on any atom is 0.416 e. The van der Waals surface area contributed by atoms with Gasteiger partial charge in [0, 0.05) is 48.5 Å². The van der Waals surface area contributed by atoms with Crippen molar-refractivity contribution in [1.82, 2.24) is 19.5 Å². The number of para-hydroxylation sites is 3. The Morgan fingerprint density at radius 3 is 2.10 bits per heavy atom. The van der Waals surface area contributed by atoms with Crippen molar-refractivity contribution < 1.29 is 42.1 Å². The number of imidazole rings is 1. The molecule has 60 heavy (non-hydrogen) atoms. The molecule has 0 saturated carbocycles. The van der Waals surface area contributed by atoms with Gasteiger partial charge in [0.2, 0.25) is 5.89 Å². The summed E-state index contributed by atoms with van der Waals surface area (Å²) in [6, 6.07) is 47.5. The van der Waals surface area contributed by atoms with E-state index < -0.39 is 11.7 Å². The molecule has 0 aliphatic heterocycles. The van der Waals surface area contributed by atoms with Crippen molar-refractivity contribution in [2.75, 3.05) is 0 Å². The topological polar surface area (TPSA) is 69.9 Å². The van der Waals surface area contributed by atoms with E-state index in [1.807, 2.05) is 97.1 Å². The van der Waals surface area contributed by atoms with Crippen LogP contribution in [-0.4, -0.2) is 19.5 Å². The second-order valence-electron chi connectivity index (χ2n) is 14.9. The maximum absolute atomic E-state index is 13.8. The van der Waals surface area contributed by atoms with Gasteiger partial charge in [-0.25, -0.2) is 4.98 Å². The fourth-order valence-corrected chi connectivity index (χ4v) is 7.55. The van der Waals surface area contributed by atoms with E-state index >= 15 is 0 Å². The van der Waals surface area contributed by atoms with Crippen molar-refractivity contribution in [2.45, 2.75) is 45.7 Å².